The van der Waals surface area contributed by atoms with Gasteiger partial charge in [0, 0.05) is 32.7 Å². The second kappa shape index (κ2) is 6.70. The van der Waals surface area contributed by atoms with Crippen molar-refractivity contribution < 1.29 is 14.4 Å². The lowest BCUT2D eigenvalue weighted by molar-refractivity contribution is -0.139. The molecule has 3 saturated heterocycles. The van der Waals surface area contributed by atoms with Crippen LogP contribution < -0.4 is 5.32 Å². The second-order valence-corrected chi connectivity index (χ2v) is 7.69. The van der Waals surface area contributed by atoms with Crippen molar-refractivity contribution in [2.45, 2.75) is 45.1 Å². The largest absolute Gasteiger partial charge is 0.341 e. The zero-order chi connectivity index (χ0) is 17.3. The lowest BCUT2D eigenvalue weighted by Crippen LogP contribution is -2.55. The van der Waals surface area contributed by atoms with E-state index < -0.39 is 11.6 Å². The standard InChI is InChI=1S/C17H28N4O3/c1-13(2)11-19-9-5-17(6-10-19)15(23)21(16(24)18-17)12-14(22)20-7-3-4-8-20/h13H,3-12H2,1-2H3,(H,18,24). The average Bonchev–Trinajstić information content (AvgIpc) is 3.13. The van der Waals surface area contributed by atoms with Crippen LogP contribution in [0.1, 0.15) is 39.5 Å². The van der Waals surface area contributed by atoms with E-state index in [1.165, 1.54) is 0 Å². The van der Waals surface area contributed by atoms with E-state index in [1.807, 2.05) is 0 Å². The molecule has 0 atom stereocenters. The van der Waals surface area contributed by atoms with Gasteiger partial charge in [-0.25, -0.2) is 4.79 Å². The molecule has 1 spiro atoms. The van der Waals surface area contributed by atoms with Gasteiger partial charge in [-0.3, -0.25) is 14.5 Å². The summed E-state index contributed by atoms with van der Waals surface area (Å²) in [4.78, 5) is 42.6. The molecule has 3 aliphatic heterocycles. The van der Waals surface area contributed by atoms with Gasteiger partial charge >= 0.3 is 6.03 Å². The number of urea groups is 1. The maximum atomic E-state index is 12.8. The second-order valence-electron chi connectivity index (χ2n) is 7.69. The smallest absolute Gasteiger partial charge is 0.325 e. The third kappa shape index (κ3) is 3.27. The van der Waals surface area contributed by atoms with Crippen LogP contribution in [0.5, 0.6) is 0 Å². The molecule has 134 valence electrons. The number of rotatable bonds is 4. The van der Waals surface area contributed by atoms with Crippen LogP contribution in [-0.4, -0.2) is 77.4 Å². The Morgan fingerprint density at radius 1 is 1.12 bits per heavy atom. The Balaban J connectivity index is 1.61. The summed E-state index contributed by atoms with van der Waals surface area (Å²) in [5, 5.41) is 2.88. The number of hydrogen-bond donors (Lipinski definition) is 1. The molecule has 0 bridgehead atoms. The summed E-state index contributed by atoms with van der Waals surface area (Å²) in [5.41, 5.74) is -0.796. The van der Waals surface area contributed by atoms with Crippen LogP contribution in [0.3, 0.4) is 0 Å². The Bertz CT molecular complexity index is 520. The van der Waals surface area contributed by atoms with Gasteiger partial charge in [0.15, 0.2) is 0 Å². The summed E-state index contributed by atoms with van der Waals surface area (Å²) in [6.07, 6.45) is 3.25. The number of likely N-dealkylation sites (tertiary alicyclic amines) is 2. The van der Waals surface area contributed by atoms with E-state index >= 15 is 0 Å². The van der Waals surface area contributed by atoms with E-state index in [4.69, 9.17) is 0 Å². The zero-order valence-corrected chi connectivity index (χ0v) is 14.7. The van der Waals surface area contributed by atoms with Gasteiger partial charge in [-0.2, -0.15) is 0 Å². The topological polar surface area (TPSA) is 73.0 Å². The fourth-order valence-electron chi connectivity index (χ4n) is 3.99. The average molecular weight is 336 g/mol. The van der Waals surface area contributed by atoms with Gasteiger partial charge in [0.05, 0.1) is 0 Å². The number of nitrogens with one attached hydrogen (secondary N) is 1. The molecule has 0 unspecified atom stereocenters. The van der Waals surface area contributed by atoms with Gasteiger partial charge < -0.3 is 15.1 Å². The molecule has 7 heteroatoms. The van der Waals surface area contributed by atoms with Crippen LogP contribution in [0.15, 0.2) is 0 Å². The summed E-state index contributed by atoms with van der Waals surface area (Å²) in [7, 11) is 0. The minimum atomic E-state index is -0.796. The van der Waals surface area contributed by atoms with Gasteiger partial charge in [0.1, 0.15) is 12.1 Å². The summed E-state index contributed by atoms with van der Waals surface area (Å²) >= 11 is 0. The Hall–Kier alpha value is -1.63. The van der Waals surface area contributed by atoms with Gasteiger partial charge in [-0.15, -0.1) is 0 Å². The molecule has 0 aliphatic carbocycles. The number of carbonyl (C=O) groups is 3. The first-order valence-electron chi connectivity index (χ1n) is 9.05. The van der Waals surface area contributed by atoms with Crippen molar-refractivity contribution in [3.05, 3.63) is 0 Å². The van der Waals surface area contributed by atoms with E-state index in [9.17, 15) is 14.4 Å². The van der Waals surface area contributed by atoms with E-state index in [2.05, 4.69) is 24.1 Å². The van der Waals surface area contributed by atoms with E-state index in [0.717, 1.165) is 50.5 Å². The monoisotopic (exact) mass is 336 g/mol. The van der Waals surface area contributed by atoms with Gasteiger partial charge in [0.2, 0.25) is 5.91 Å². The zero-order valence-electron chi connectivity index (χ0n) is 14.7. The maximum Gasteiger partial charge on any atom is 0.325 e. The van der Waals surface area contributed by atoms with Crippen molar-refractivity contribution in [2.75, 3.05) is 39.3 Å². The minimum Gasteiger partial charge on any atom is -0.341 e. The highest BCUT2D eigenvalue weighted by Crippen LogP contribution is 2.29. The quantitative estimate of drug-likeness (QED) is 0.765. The van der Waals surface area contributed by atoms with E-state index in [-0.39, 0.29) is 18.4 Å². The van der Waals surface area contributed by atoms with Crippen molar-refractivity contribution >= 4 is 17.8 Å². The van der Waals surface area contributed by atoms with Crippen molar-refractivity contribution in [3.63, 3.8) is 0 Å². The number of nitrogens with zero attached hydrogens (tertiary/aromatic N) is 3. The van der Waals surface area contributed by atoms with Crippen LogP contribution in [-0.2, 0) is 9.59 Å². The molecule has 0 saturated carbocycles. The van der Waals surface area contributed by atoms with Crippen molar-refractivity contribution in [1.82, 2.24) is 20.0 Å². The highest BCUT2D eigenvalue weighted by Gasteiger charge is 2.52. The number of amides is 4. The molecule has 0 aromatic heterocycles. The molecule has 0 aromatic carbocycles. The highest BCUT2D eigenvalue weighted by atomic mass is 16.2. The minimum absolute atomic E-state index is 0.120. The van der Waals surface area contributed by atoms with Gasteiger partial charge in [-0.05, 0) is 31.6 Å². The molecule has 3 rings (SSSR count). The third-order valence-electron chi connectivity index (χ3n) is 5.33. The molecule has 3 fully saturated rings. The normalized spacial score (nSPS) is 24.3. The SMILES string of the molecule is CC(C)CN1CCC2(CC1)NC(=O)N(CC(=O)N1CCCC1)C2=O. The molecule has 0 radical (unpaired) electrons. The first-order chi connectivity index (χ1) is 11.4. The Morgan fingerprint density at radius 2 is 1.75 bits per heavy atom. The summed E-state index contributed by atoms with van der Waals surface area (Å²) in [5.74, 6) is 0.247. The van der Waals surface area contributed by atoms with Crippen LogP contribution in [0.4, 0.5) is 4.79 Å². The van der Waals surface area contributed by atoms with Gasteiger partial charge in [0.25, 0.3) is 5.91 Å². The van der Waals surface area contributed by atoms with E-state index in [1.54, 1.807) is 4.90 Å². The molecule has 24 heavy (non-hydrogen) atoms. The predicted octanol–water partition coefficient (Wildman–Crippen LogP) is 0.651. The number of carbonyl (C=O) groups excluding carboxylic acids is 3. The van der Waals surface area contributed by atoms with Crippen LogP contribution in [0, 0.1) is 5.92 Å². The van der Waals surface area contributed by atoms with Gasteiger partial charge in [-0.1, -0.05) is 13.8 Å². The molecule has 4 amide bonds. The Kier molecular flexibility index (Phi) is 4.80. The van der Waals surface area contributed by atoms with Crippen LogP contribution >= 0.6 is 0 Å². The Labute approximate surface area is 143 Å². The number of piperidine rings is 1. The molecule has 7 nitrogen and oxygen atoms in total. The summed E-state index contributed by atoms with van der Waals surface area (Å²) in [6, 6.07) is -0.412. The van der Waals surface area contributed by atoms with Crippen molar-refractivity contribution in [3.8, 4) is 0 Å². The number of imide groups is 1. The molecular weight excluding hydrogens is 308 g/mol. The predicted molar refractivity (Wildman–Crippen MR) is 89.3 cm³/mol. The fraction of sp³-hybridized carbons (Fsp3) is 0.824. The Morgan fingerprint density at radius 3 is 2.33 bits per heavy atom. The first-order valence-corrected chi connectivity index (χ1v) is 9.05. The fourth-order valence-corrected chi connectivity index (χ4v) is 3.99. The highest BCUT2D eigenvalue weighted by molar-refractivity contribution is 6.09. The lowest BCUT2D eigenvalue weighted by atomic mass is 9.87. The molecule has 1 N–H and O–H groups in total. The molecule has 3 aliphatic rings. The third-order valence-corrected chi connectivity index (χ3v) is 5.33. The van der Waals surface area contributed by atoms with Crippen molar-refractivity contribution in [1.29, 1.82) is 0 Å². The van der Waals surface area contributed by atoms with Crippen LogP contribution in [0.25, 0.3) is 0 Å². The summed E-state index contributed by atoms with van der Waals surface area (Å²) in [6.45, 7) is 8.32. The number of hydrogen-bond acceptors (Lipinski definition) is 4. The molecule has 3 heterocycles. The summed E-state index contributed by atoms with van der Waals surface area (Å²) < 4.78 is 0. The van der Waals surface area contributed by atoms with Crippen molar-refractivity contribution in [2.24, 2.45) is 5.92 Å². The van der Waals surface area contributed by atoms with Crippen LogP contribution in [0.2, 0.25) is 0 Å². The molecular formula is C17H28N4O3. The molecule has 0 aromatic rings. The maximum absolute atomic E-state index is 12.8. The first kappa shape index (κ1) is 17.2. The lowest BCUT2D eigenvalue weighted by Gasteiger charge is -2.38. The van der Waals surface area contributed by atoms with E-state index in [0.29, 0.717) is 18.8 Å².